The van der Waals surface area contributed by atoms with Crippen molar-refractivity contribution in [1.82, 2.24) is 14.1 Å². The molecule has 0 bridgehead atoms. The minimum Gasteiger partial charge on any atom is -0.287 e. The Kier molecular flexibility index (Phi) is 5.82. The van der Waals surface area contributed by atoms with Crippen molar-refractivity contribution in [2.45, 2.75) is 17.9 Å². The van der Waals surface area contributed by atoms with Crippen molar-refractivity contribution in [3.05, 3.63) is 91.7 Å². The summed E-state index contributed by atoms with van der Waals surface area (Å²) >= 11 is 1.30. The third kappa shape index (κ3) is 4.42. The van der Waals surface area contributed by atoms with Gasteiger partial charge in [0.25, 0.3) is 5.56 Å². The van der Waals surface area contributed by atoms with Crippen LogP contribution in [0.3, 0.4) is 0 Å². The molecule has 1 aromatic carbocycles. The number of thiophene rings is 1. The summed E-state index contributed by atoms with van der Waals surface area (Å²) in [6.45, 7) is 0.0460. The van der Waals surface area contributed by atoms with Gasteiger partial charge in [-0.3, -0.25) is 18.9 Å². The van der Waals surface area contributed by atoms with Crippen molar-refractivity contribution in [2.75, 3.05) is 6.26 Å². The second kappa shape index (κ2) is 8.57. The Morgan fingerprint density at radius 3 is 2.38 bits per heavy atom. The molecule has 3 heterocycles. The number of nitrogens with zero attached hydrogens (tertiary/aromatic N) is 3. The number of hydrogen-bond acceptors (Lipinski definition) is 6. The van der Waals surface area contributed by atoms with E-state index in [4.69, 9.17) is 0 Å². The molecule has 0 saturated carbocycles. The van der Waals surface area contributed by atoms with Crippen molar-refractivity contribution in [3.63, 3.8) is 0 Å². The number of rotatable bonds is 4. The Morgan fingerprint density at radius 1 is 1.03 bits per heavy atom. The summed E-state index contributed by atoms with van der Waals surface area (Å²) in [6.07, 6.45) is 5.11. The van der Waals surface area contributed by atoms with Gasteiger partial charge in [0.1, 0.15) is 4.83 Å². The van der Waals surface area contributed by atoms with Crippen molar-refractivity contribution >= 4 is 31.4 Å². The Balaban J connectivity index is 1.68. The number of hydrogen-bond donors (Lipinski definition) is 0. The molecule has 4 rings (SSSR count). The highest BCUT2D eigenvalue weighted by Crippen LogP contribution is 2.21. The normalized spacial score (nSPS) is 11.3. The molecule has 7 nitrogen and oxygen atoms in total. The first-order chi connectivity index (χ1) is 15.2. The predicted molar refractivity (Wildman–Crippen MR) is 125 cm³/mol. The van der Waals surface area contributed by atoms with Crippen LogP contribution < -0.4 is 11.2 Å². The summed E-state index contributed by atoms with van der Waals surface area (Å²) < 4.78 is 25.9. The number of sulfone groups is 1. The van der Waals surface area contributed by atoms with Crippen LogP contribution in [0, 0.1) is 11.8 Å². The van der Waals surface area contributed by atoms with Crippen LogP contribution in [0.15, 0.2) is 69.3 Å². The molecule has 162 valence electrons. The molecular formula is C23H19N3O4S2. The van der Waals surface area contributed by atoms with Crippen LogP contribution in [0.25, 0.3) is 10.2 Å². The molecule has 0 aliphatic rings. The van der Waals surface area contributed by atoms with Crippen LogP contribution in [0.4, 0.5) is 0 Å². The van der Waals surface area contributed by atoms with Crippen molar-refractivity contribution in [3.8, 4) is 11.8 Å². The fourth-order valence-corrected chi connectivity index (χ4v) is 4.85. The third-order valence-corrected chi connectivity index (χ3v) is 7.21. The first-order valence-electron chi connectivity index (χ1n) is 9.64. The maximum absolute atomic E-state index is 13.0. The van der Waals surface area contributed by atoms with E-state index in [1.54, 1.807) is 37.6 Å². The van der Waals surface area contributed by atoms with Crippen LogP contribution in [-0.4, -0.2) is 28.8 Å². The van der Waals surface area contributed by atoms with E-state index < -0.39 is 21.1 Å². The summed E-state index contributed by atoms with van der Waals surface area (Å²) in [5, 5.41) is 0.429. The first kappa shape index (κ1) is 21.7. The van der Waals surface area contributed by atoms with E-state index in [0.29, 0.717) is 27.1 Å². The van der Waals surface area contributed by atoms with Gasteiger partial charge in [0.15, 0.2) is 9.84 Å². The van der Waals surface area contributed by atoms with E-state index >= 15 is 0 Å². The second-order valence-corrected chi connectivity index (χ2v) is 10.4. The smallest absolute Gasteiger partial charge is 0.287 e. The fourth-order valence-electron chi connectivity index (χ4n) is 3.24. The molecule has 0 aliphatic carbocycles. The largest absolute Gasteiger partial charge is 0.332 e. The lowest BCUT2D eigenvalue weighted by atomic mass is 10.2. The minimum absolute atomic E-state index is 0.0460. The van der Waals surface area contributed by atoms with Crippen LogP contribution in [0.5, 0.6) is 0 Å². The molecule has 0 unspecified atom stereocenters. The lowest BCUT2D eigenvalue weighted by molar-refractivity contribution is 0.601. The van der Waals surface area contributed by atoms with E-state index in [-0.39, 0.29) is 11.4 Å². The number of aromatic nitrogens is 3. The van der Waals surface area contributed by atoms with Gasteiger partial charge in [-0.1, -0.05) is 24.0 Å². The maximum Gasteiger partial charge on any atom is 0.332 e. The number of pyridine rings is 1. The molecule has 32 heavy (non-hydrogen) atoms. The Labute approximate surface area is 188 Å². The monoisotopic (exact) mass is 465 g/mol. The zero-order valence-electron chi connectivity index (χ0n) is 17.4. The zero-order valence-corrected chi connectivity index (χ0v) is 19.0. The summed E-state index contributed by atoms with van der Waals surface area (Å²) in [6, 6.07) is 11.7. The highest BCUT2D eigenvalue weighted by molar-refractivity contribution is 7.90. The molecule has 0 amide bonds. The predicted octanol–water partition coefficient (Wildman–Crippen LogP) is 2.20. The van der Waals surface area contributed by atoms with Gasteiger partial charge < -0.3 is 0 Å². The van der Waals surface area contributed by atoms with Crippen LogP contribution in [-0.2, 0) is 29.9 Å². The SMILES string of the molecule is Cn1c(=O)n(Cc2ccc(S(C)(=O)=O)cc2)c(=O)c2cc(C#CCc3ccncc3)sc21. The topological polar surface area (TPSA) is 91.0 Å². The Hall–Kier alpha value is -3.48. The van der Waals surface area contributed by atoms with E-state index in [1.807, 2.05) is 12.1 Å². The van der Waals surface area contributed by atoms with E-state index in [9.17, 15) is 18.0 Å². The van der Waals surface area contributed by atoms with E-state index in [1.165, 1.54) is 28.0 Å². The van der Waals surface area contributed by atoms with Gasteiger partial charge in [-0.2, -0.15) is 0 Å². The molecule has 0 atom stereocenters. The van der Waals surface area contributed by atoms with Gasteiger partial charge in [0, 0.05) is 32.1 Å². The van der Waals surface area contributed by atoms with Gasteiger partial charge in [-0.25, -0.2) is 13.2 Å². The standard InChI is InChI=1S/C23H19N3O4S2/c1-25-22-20(14-18(31-22)5-3-4-16-10-12-24-13-11-16)21(27)26(23(25)28)15-17-6-8-19(9-7-17)32(2,29)30/h6-14H,4,15H2,1-2H3. The lowest BCUT2D eigenvalue weighted by Crippen LogP contribution is -2.38. The fraction of sp³-hybridized carbons (Fsp3) is 0.174. The van der Waals surface area contributed by atoms with Crippen LogP contribution in [0.2, 0.25) is 0 Å². The maximum atomic E-state index is 13.0. The highest BCUT2D eigenvalue weighted by atomic mass is 32.2. The van der Waals surface area contributed by atoms with Crippen molar-refractivity contribution in [2.24, 2.45) is 7.05 Å². The van der Waals surface area contributed by atoms with Gasteiger partial charge in [-0.15, -0.1) is 11.3 Å². The van der Waals surface area contributed by atoms with Gasteiger partial charge >= 0.3 is 5.69 Å². The van der Waals surface area contributed by atoms with Crippen LogP contribution >= 0.6 is 11.3 Å². The summed E-state index contributed by atoms with van der Waals surface area (Å²) in [5.41, 5.74) is 0.871. The Bertz CT molecular complexity index is 1590. The first-order valence-corrected chi connectivity index (χ1v) is 12.3. The van der Waals surface area contributed by atoms with E-state index in [2.05, 4.69) is 16.8 Å². The average molecular weight is 466 g/mol. The number of fused-ring (bicyclic) bond motifs is 1. The Morgan fingerprint density at radius 2 is 1.72 bits per heavy atom. The molecule has 0 radical (unpaired) electrons. The van der Waals surface area contributed by atoms with E-state index in [0.717, 1.165) is 16.4 Å². The molecule has 4 aromatic rings. The average Bonchev–Trinajstić information content (AvgIpc) is 3.20. The highest BCUT2D eigenvalue weighted by Gasteiger charge is 2.15. The van der Waals surface area contributed by atoms with Crippen molar-refractivity contribution in [1.29, 1.82) is 0 Å². The number of aryl methyl sites for hydroxylation is 1. The lowest BCUT2D eigenvalue weighted by Gasteiger charge is -2.09. The molecule has 0 fully saturated rings. The summed E-state index contributed by atoms with van der Waals surface area (Å²) in [4.78, 5) is 31.3. The molecular weight excluding hydrogens is 446 g/mol. The third-order valence-electron chi connectivity index (χ3n) is 4.96. The van der Waals surface area contributed by atoms with Gasteiger partial charge in [-0.05, 0) is 41.5 Å². The molecule has 3 aromatic heterocycles. The molecule has 0 N–H and O–H groups in total. The molecule has 9 heteroatoms. The zero-order chi connectivity index (χ0) is 22.9. The minimum atomic E-state index is -3.32. The summed E-state index contributed by atoms with van der Waals surface area (Å²) in [5.74, 6) is 6.17. The number of benzene rings is 1. The van der Waals surface area contributed by atoms with Gasteiger partial charge in [0.2, 0.25) is 0 Å². The molecule has 0 saturated heterocycles. The quantitative estimate of drug-likeness (QED) is 0.431. The molecule has 0 spiro atoms. The summed E-state index contributed by atoms with van der Waals surface area (Å²) in [7, 11) is -1.69. The molecule has 0 aliphatic heterocycles. The second-order valence-electron chi connectivity index (χ2n) is 7.31. The van der Waals surface area contributed by atoms with Crippen molar-refractivity contribution < 1.29 is 8.42 Å². The van der Waals surface area contributed by atoms with Gasteiger partial charge in [0.05, 0.1) is 21.7 Å². The van der Waals surface area contributed by atoms with Crippen LogP contribution in [0.1, 0.15) is 16.0 Å².